The van der Waals surface area contributed by atoms with E-state index in [1.165, 1.54) is 11.4 Å². The van der Waals surface area contributed by atoms with Gasteiger partial charge in [0.05, 0.1) is 18.0 Å². The quantitative estimate of drug-likeness (QED) is 0.927. The van der Waals surface area contributed by atoms with Gasteiger partial charge in [-0.15, -0.1) is 0 Å². The van der Waals surface area contributed by atoms with Crippen molar-refractivity contribution in [1.29, 1.82) is 0 Å². The maximum absolute atomic E-state index is 5.94. The van der Waals surface area contributed by atoms with Crippen LogP contribution in [0.15, 0.2) is 24.3 Å². The van der Waals surface area contributed by atoms with Gasteiger partial charge in [0.25, 0.3) is 0 Å². The Labute approximate surface area is 129 Å². The summed E-state index contributed by atoms with van der Waals surface area (Å²) in [5.41, 5.74) is 3.54. The molecule has 1 N–H and O–H groups in total. The Bertz CT molecular complexity index is 631. The van der Waals surface area contributed by atoms with Gasteiger partial charge in [-0.25, -0.2) is 4.98 Å². The highest BCUT2D eigenvalue weighted by atomic mass is 35.5. The number of ether oxygens (including phenoxy) is 1. The molecule has 0 aliphatic carbocycles. The number of hydrogen-bond acceptors (Lipinski definition) is 3. The van der Waals surface area contributed by atoms with Gasteiger partial charge in [0.1, 0.15) is 5.82 Å². The van der Waals surface area contributed by atoms with Crippen molar-refractivity contribution in [3.8, 4) is 11.4 Å². The molecule has 21 heavy (non-hydrogen) atoms. The molecule has 3 heterocycles. The maximum atomic E-state index is 5.94. The summed E-state index contributed by atoms with van der Waals surface area (Å²) in [7, 11) is 0. The highest BCUT2D eigenvalue weighted by molar-refractivity contribution is 6.30. The topological polar surface area (TPSA) is 41.2 Å². The molecule has 4 nitrogen and oxygen atoms in total. The fraction of sp³-hybridized carbons (Fsp3) is 0.438. The van der Waals surface area contributed by atoms with E-state index in [9.17, 15) is 0 Å². The third kappa shape index (κ3) is 2.59. The molecule has 0 spiro atoms. The molecule has 0 bridgehead atoms. The molecule has 110 valence electrons. The molecule has 0 saturated carbocycles. The first kappa shape index (κ1) is 13.3. The smallest absolute Gasteiger partial charge is 0.137 e. The third-order valence-corrected chi connectivity index (χ3v) is 4.65. The molecule has 2 aliphatic rings. The summed E-state index contributed by atoms with van der Waals surface area (Å²) in [4.78, 5) is 10.8. The number of hydrogen-bond donors (Lipinski definition) is 1. The summed E-state index contributed by atoms with van der Waals surface area (Å²) in [6.45, 7) is 3.79. The number of nitrogens with zero attached hydrogens (tertiary/aromatic N) is 2. The van der Waals surface area contributed by atoms with Crippen molar-refractivity contribution in [2.45, 2.75) is 25.4 Å². The minimum Gasteiger partial charge on any atom is -0.380 e. The van der Waals surface area contributed by atoms with Crippen LogP contribution in [-0.2, 0) is 17.7 Å². The van der Waals surface area contributed by atoms with Gasteiger partial charge in [-0.3, -0.25) is 4.90 Å². The number of nitrogens with one attached hydrogen (secondary N) is 1. The van der Waals surface area contributed by atoms with Crippen LogP contribution >= 0.6 is 11.6 Å². The van der Waals surface area contributed by atoms with Crippen molar-refractivity contribution in [1.82, 2.24) is 14.9 Å². The lowest BCUT2D eigenvalue weighted by molar-refractivity contribution is 0.133. The molecule has 1 atom stereocenters. The van der Waals surface area contributed by atoms with E-state index in [2.05, 4.69) is 9.88 Å². The van der Waals surface area contributed by atoms with Crippen molar-refractivity contribution in [3.63, 3.8) is 0 Å². The Hall–Kier alpha value is -1.36. The zero-order valence-electron chi connectivity index (χ0n) is 11.8. The predicted octanol–water partition coefficient (Wildman–Crippen LogP) is 2.88. The Kier molecular flexibility index (Phi) is 3.45. The molecule has 2 aromatic rings. The number of aromatic amines is 1. The molecular weight excluding hydrogens is 286 g/mol. The fourth-order valence-electron chi connectivity index (χ4n) is 3.18. The van der Waals surface area contributed by atoms with E-state index < -0.39 is 0 Å². The average Bonchev–Trinajstić information content (AvgIpc) is 3.16. The van der Waals surface area contributed by atoms with Crippen LogP contribution in [0.25, 0.3) is 11.4 Å². The number of halogens is 1. The zero-order chi connectivity index (χ0) is 14.2. The number of rotatable bonds is 2. The van der Waals surface area contributed by atoms with Crippen molar-refractivity contribution in [2.24, 2.45) is 0 Å². The summed E-state index contributed by atoms with van der Waals surface area (Å²) < 4.78 is 5.50. The third-order valence-electron chi connectivity index (χ3n) is 4.40. The molecule has 1 saturated heterocycles. The van der Waals surface area contributed by atoms with Gasteiger partial charge in [-0.05, 0) is 30.7 Å². The van der Waals surface area contributed by atoms with E-state index in [1.54, 1.807) is 0 Å². The molecule has 2 aliphatic heterocycles. The second kappa shape index (κ2) is 5.44. The van der Waals surface area contributed by atoms with Gasteiger partial charge in [0, 0.05) is 42.7 Å². The predicted molar refractivity (Wildman–Crippen MR) is 82.4 cm³/mol. The Morgan fingerprint density at radius 3 is 2.90 bits per heavy atom. The van der Waals surface area contributed by atoms with Crippen molar-refractivity contribution < 1.29 is 4.74 Å². The van der Waals surface area contributed by atoms with Gasteiger partial charge < -0.3 is 9.72 Å². The van der Waals surface area contributed by atoms with Crippen LogP contribution in [0.2, 0.25) is 5.02 Å². The second-order valence-electron chi connectivity index (χ2n) is 5.76. The summed E-state index contributed by atoms with van der Waals surface area (Å²) in [6, 6.07) is 8.39. The molecule has 0 amide bonds. The summed E-state index contributed by atoms with van der Waals surface area (Å²) in [6.07, 6.45) is 2.16. The number of aromatic nitrogens is 2. The van der Waals surface area contributed by atoms with E-state index in [0.717, 1.165) is 55.6 Å². The molecule has 1 unspecified atom stereocenters. The van der Waals surface area contributed by atoms with Crippen molar-refractivity contribution in [3.05, 3.63) is 40.7 Å². The normalized spacial score (nSPS) is 22.4. The maximum Gasteiger partial charge on any atom is 0.137 e. The largest absolute Gasteiger partial charge is 0.380 e. The molecule has 5 heteroatoms. The van der Waals surface area contributed by atoms with E-state index in [-0.39, 0.29) is 0 Å². The number of imidazole rings is 1. The molecule has 0 radical (unpaired) electrons. The van der Waals surface area contributed by atoms with Crippen LogP contribution in [0.4, 0.5) is 0 Å². The monoisotopic (exact) mass is 303 g/mol. The highest BCUT2D eigenvalue weighted by Gasteiger charge is 2.28. The van der Waals surface area contributed by atoms with Crippen molar-refractivity contribution >= 4 is 11.6 Å². The first-order valence-electron chi connectivity index (χ1n) is 7.45. The van der Waals surface area contributed by atoms with Crippen LogP contribution in [0.5, 0.6) is 0 Å². The second-order valence-corrected chi connectivity index (χ2v) is 6.19. The first-order valence-corrected chi connectivity index (χ1v) is 7.83. The van der Waals surface area contributed by atoms with E-state index in [4.69, 9.17) is 21.3 Å². The number of benzene rings is 1. The highest BCUT2D eigenvalue weighted by Crippen LogP contribution is 2.26. The minimum atomic E-state index is 0.570. The lowest BCUT2D eigenvalue weighted by Gasteiger charge is -2.30. The molecule has 1 aromatic heterocycles. The Balaban J connectivity index is 1.57. The number of fused-ring (bicyclic) bond motifs is 1. The molecular formula is C16H18ClN3O. The fourth-order valence-corrected chi connectivity index (χ4v) is 3.31. The number of H-pyrrole nitrogens is 1. The van der Waals surface area contributed by atoms with Gasteiger partial charge in [0.15, 0.2) is 0 Å². The van der Waals surface area contributed by atoms with E-state index in [0.29, 0.717) is 6.04 Å². The van der Waals surface area contributed by atoms with Crippen molar-refractivity contribution in [2.75, 3.05) is 19.8 Å². The Morgan fingerprint density at radius 1 is 1.29 bits per heavy atom. The summed E-state index contributed by atoms with van der Waals surface area (Å²) in [5.74, 6) is 0.946. The Morgan fingerprint density at radius 2 is 2.14 bits per heavy atom. The van der Waals surface area contributed by atoms with Gasteiger partial charge in [-0.1, -0.05) is 11.6 Å². The van der Waals surface area contributed by atoms with Crippen LogP contribution in [0.3, 0.4) is 0 Å². The average molecular weight is 304 g/mol. The van der Waals surface area contributed by atoms with Gasteiger partial charge >= 0.3 is 0 Å². The van der Waals surface area contributed by atoms with E-state index in [1.807, 2.05) is 24.3 Å². The molecule has 1 fully saturated rings. The van der Waals surface area contributed by atoms with Crippen LogP contribution < -0.4 is 0 Å². The minimum absolute atomic E-state index is 0.570. The first-order chi connectivity index (χ1) is 10.3. The zero-order valence-corrected chi connectivity index (χ0v) is 12.6. The standard InChI is InChI=1S/C16H18ClN3O/c17-12-3-1-11(2-4-12)16-18-14-5-7-20(9-15(14)19-16)13-6-8-21-10-13/h1-4,13H,5-10H2,(H,18,19). The van der Waals surface area contributed by atoms with Crippen LogP contribution in [-0.4, -0.2) is 40.7 Å². The van der Waals surface area contributed by atoms with Gasteiger partial charge in [-0.2, -0.15) is 0 Å². The van der Waals surface area contributed by atoms with Crippen LogP contribution in [0.1, 0.15) is 17.8 Å². The van der Waals surface area contributed by atoms with Gasteiger partial charge in [0.2, 0.25) is 0 Å². The lowest BCUT2D eigenvalue weighted by Crippen LogP contribution is -2.39. The van der Waals surface area contributed by atoms with E-state index >= 15 is 0 Å². The molecule has 1 aromatic carbocycles. The lowest BCUT2D eigenvalue weighted by atomic mass is 10.1. The van der Waals surface area contributed by atoms with Crippen LogP contribution in [0, 0.1) is 0 Å². The summed E-state index contributed by atoms with van der Waals surface area (Å²) >= 11 is 5.94. The SMILES string of the molecule is Clc1ccc(-c2nc3c([nH]2)CN(C2CCOC2)CC3)cc1. The summed E-state index contributed by atoms with van der Waals surface area (Å²) in [5, 5.41) is 0.752. The molecule has 4 rings (SSSR count).